The first-order valence-electron chi connectivity index (χ1n) is 6.67. The number of hydrogen-bond acceptors (Lipinski definition) is 3. The van der Waals surface area contributed by atoms with Crippen molar-refractivity contribution in [3.63, 3.8) is 0 Å². The van der Waals surface area contributed by atoms with Gasteiger partial charge in [0.1, 0.15) is 11.6 Å². The maximum absolute atomic E-state index is 14.2. The van der Waals surface area contributed by atoms with Crippen LogP contribution in [0.2, 0.25) is 0 Å². The Morgan fingerprint density at radius 1 is 1.15 bits per heavy atom. The molecule has 1 aliphatic heterocycles. The second-order valence-corrected chi connectivity index (χ2v) is 5.69. The van der Waals surface area contributed by atoms with E-state index in [1.807, 2.05) is 16.8 Å². The van der Waals surface area contributed by atoms with Gasteiger partial charge >= 0.3 is 0 Å². The minimum Gasteiger partial charge on any atom is -0.314 e. The molecule has 0 bridgehead atoms. The van der Waals surface area contributed by atoms with Crippen molar-refractivity contribution in [2.45, 2.75) is 6.04 Å². The molecule has 20 heavy (non-hydrogen) atoms. The fourth-order valence-electron chi connectivity index (χ4n) is 2.68. The number of hydrogen-bond donors (Lipinski definition) is 1. The van der Waals surface area contributed by atoms with E-state index >= 15 is 0 Å². The molecule has 0 spiro atoms. The lowest BCUT2D eigenvalue weighted by atomic mass is 9.98. The van der Waals surface area contributed by atoms with Crippen LogP contribution in [-0.4, -0.2) is 31.1 Å². The summed E-state index contributed by atoms with van der Waals surface area (Å²) in [5, 5.41) is 7.33. The van der Waals surface area contributed by atoms with E-state index < -0.39 is 11.6 Å². The van der Waals surface area contributed by atoms with Crippen molar-refractivity contribution in [2.75, 3.05) is 26.2 Å². The second-order valence-electron chi connectivity index (χ2n) is 4.91. The lowest BCUT2D eigenvalue weighted by Crippen LogP contribution is -2.45. The van der Waals surface area contributed by atoms with Gasteiger partial charge in [-0.15, -0.1) is 0 Å². The van der Waals surface area contributed by atoms with E-state index in [-0.39, 0.29) is 6.04 Å². The monoisotopic (exact) mass is 294 g/mol. The number of benzene rings is 1. The molecule has 1 N–H and O–H groups in total. The summed E-state index contributed by atoms with van der Waals surface area (Å²) in [5.74, 6) is -1.00. The quantitative estimate of drug-likeness (QED) is 0.936. The molecule has 1 saturated heterocycles. The molecule has 1 aliphatic rings. The average molecular weight is 294 g/mol. The Bertz CT molecular complexity index is 565. The van der Waals surface area contributed by atoms with Crippen molar-refractivity contribution < 1.29 is 8.78 Å². The number of piperazine rings is 1. The number of nitrogens with zero attached hydrogens (tertiary/aromatic N) is 1. The first-order chi connectivity index (χ1) is 9.75. The van der Waals surface area contributed by atoms with Crippen LogP contribution in [0.5, 0.6) is 0 Å². The van der Waals surface area contributed by atoms with Crippen LogP contribution in [0.25, 0.3) is 0 Å². The van der Waals surface area contributed by atoms with Crippen LogP contribution in [0.3, 0.4) is 0 Å². The molecule has 2 aromatic rings. The molecule has 0 amide bonds. The number of rotatable bonds is 3. The molecule has 1 aromatic carbocycles. The third kappa shape index (κ3) is 2.75. The molecule has 0 saturated carbocycles. The lowest BCUT2D eigenvalue weighted by molar-refractivity contribution is 0.195. The number of thiophene rings is 1. The molecule has 1 fully saturated rings. The van der Waals surface area contributed by atoms with Crippen LogP contribution in [0, 0.1) is 11.6 Å². The Kier molecular flexibility index (Phi) is 4.10. The third-order valence-electron chi connectivity index (χ3n) is 3.63. The average Bonchev–Trinajstić information content (AvgIpc) is 2.97. The summed E-state index contributed by atoms with van der Waals surface area (Å²) in [7, 11) is 0. The lowest BCUT2D eigenvalue weighted by Gasteiger charge is -2.35. The predicted molar refractivity (Wildman–Crippen MR) is 77.0 cm³/mol. The van der Waals surface area contributed by atoms with Crippen LogP contribution >= 0.6 is 11.3 Å². The van der Waals surface area contributed by atoms with Gasteiger partial charge in [0.2, 0.25) is 0 Å². The van der Waals surface area contributed by atoms with E-state index in [1.54, 1.807) is 17.4 Å². The largest absolute Gasteiger partial charge is 0.314 e. The minimum atomic E-state index is -0.532. The molecule has 0 radical (unpaired) electrons. The van der Waals surface area contributed by atoms with E-state index in [0.717, 1.165) is 37.8 Å². The summed E-state index contributed by atoms with van der Waals surface area (Å²) in [5.41, 5.74) is 1.62. The highest BCUT2D eigenvalue weighted by Gasteiger charge is 2.26. The van der Waals surface area contributed by atoms with E-state index in [0.29, 0.717) is 5.56 Å². The van der Waals surface area contributed by atoms with E-state index in [2.05, 4.69) is 10.2 Å². The van der Waals surface area contributed by atoms with Crippen LogP contribution in [0.4, 0.5) is 8.78 Å². The van der Waals surface area contributed by atoms with E-state index in [9.17, 15) is 8.78 Å². The smallest absolute Gasteiger partial charge is 0.131 e. The summed E-state index contributed by atoms with van der Waals surface area (Å²) in [6.45, 7) is 3.50. The molecular weight excluding hydrogens is 278 g/mol. The zero-order valence-corrected chi connectivity index (χ0v) is 11.8. The highest BCUT2D eigenvalue weighted by molar-refractivity contribution is 7.08. The molecule has 0 unspecified atom stereocenters. The summed E-state index contributed by atoms with van der Waals surface area (Å²) in [6.07, 6.45) is 0. The Morgan fingerprint density at radius 3 is 2.60 bits per heavy atom. The van der Waals surface area contributed by atoms with Gasteiger partial charge in [-0.05, 0) is 28.5 Å². The van der Waals surface area contributed by atoms with Gasteiger partial charge in [-0.2, -0.15) is 11.3 Å². The van der Waals surface area contributed by atoms with Crippen molar-refractivity contribution in [2.24, 2.45) is 0 Å². The normalized spacial score (nSPS) is 18.1. The number of halogens is 2. The van der Waals surface area contributed by atoms with Crippen molar-refractivity contribution in [1.82, 2.24) is 10.2 Å². The molecule has 106 valence electrons. The van der Waals surface area contributed by atoms with E-state index in [1.165, 1.54) is 6.07 Å². The van der Waals surface area contributed by atoms with Gasteiger partial charge in [0.15, 0.2) is 0 Å². The highest BCUT2D eigenvalue weighted by atomic mass is 32.1. The first kappa shape index (κ1) is 13.7. The number of nitrogens with one attached hydrogen (secondary N) is 1. The maximum Gasteiger partial charge on any atom is 0.131 e. The van der Waals surface area contributed by atoms with Gasteiger partial charge in [0.25, 0.3) is 0 Å². The van der Waals surface area contributed by atoms with Gasteiger partial charge in [0.05, 0.1) is 6.04 Å². The molecule has 1 atom stereocenters. The van der Waals surface area contributed by atoms with Crippen LogP contribution < -0.4 is 5.32 Å². The highest BCUT2D eigenvalue weighted by Crippen LogP contribution is 2.32. The summed E-state index contributed by atoms with van der Waals surface area (Å²) in [6, 6.07) is 5.75. The van der Waals surface area contributed by atoms with Crippen molar-refractivity contribution >= 4 is 11.3 Å². The van der Waals surface area contributed by atoms with Gasteiger partial charge in [-0.25, -0.2) is 8.78 Å². The van der Waals surface area contributed by atoms with E-state index in [4.69, 9.17) is 0 Å². The van der Waals surface area contributed by atoms with Gasteiger partial charge in [0, 0.05) is 37.8 Å². The topological polar surface area (TPSA) is 15.3 Å². The summed E-state index contributed by atoms with van der Waals surface area (Å²) < 4.78 is 27.3. The van der Waals surface area contributed by atoms with Gasteiger partial charge < -0.3 is 5.32 Å². The Balaban J connectivity index is 2.00. The van der Waals surface area contributed by atoms with Crippen molar-refractivity contribution in [3.8, 4) is 0 Å². The zero-order chi connectivity index (χ0) is 13.9. The summed E-state index contributed by atoms with van der Waals surface area (Å²) in [4.78, 5) is 2.24. The Hall–Kier alpha value is -1.30. The molecule has 3 rings (SSSR count). The third-order valence-corrected chi connectivity index (χ3v) is 4.33. The fraction of sp³-hybridized carbons (Fsp3) is 0.333. The molecule has 0 aliphatic carbocycles. The molecule has 2 nitrogen and oxygen atoms in total. The molecule has 1 aromatic heterocycles. The zero-order valence-electron chi connectivity index (χ0n) is 11.0. The summed E-state index contributed by atoms with van der Waals surface area (Å²) >= 11 is 1.60. The Labute approximate surface area is 121 Å². The SMILES string of the molecule is Fc1ccc([C@@H](c2ccsc2)N2CCNCC2)c(F)c1. The maximum atomic E-state index is 14.2. The fourth-order valence-corrected chi connectivity index (χ4v) is 3.36. The predicted octanol–water partition coefficient (Wildman–Crippen LogP) is 3.02. The first-order valence-corrected chi connectivity index (χ1v) is 7.62. The molecular formula is C15H16F2N2S. The minimum absolute atomic E-state index is 0.135. The van der Waals surface area contributed by atoms with Crippen molar-refractivity contribution in [1.29, 1.82) is 0 Å². The van der Waals surface area contributed by atoms with Gasteiger partial charge in [-0.1, -0.05) is 6.07 Å². The van der Waals surface area contributed by atoms with Crippen molar-refractivity contribution in [3.05, 3.63) is 57.8 Å². The van der Waals surface area contributed by atoms with Crippen LogP contribution in [0.15, 0.2) is 35.0 Å². The second kappa shape index (κ2) is 5.99. The van der Waals surface area contributed by atoms with Crippen LogP contribution in [-0.2, 0) is 0 Å². The standard InChI is InChI=1S/C15H16F2N2S/c16-12-1-2-13(14(17)9-12)15(11-3-8-20-10-11)19-6-4-18-5-7-19/h1-3,8-10,15,18H,4-7H2/t15-/m1/s1. The molecule has 5 heteroatoms. The Morgan fingerprint density at radius 2 is 1.95 bits per heavy atom. The van der Waals surface area contributed by atoms with Crippen LogP contribution in [0.1, 0.15) is 17.2 Å². The molecule has 2 heterocycles. The van der Waals surface area contributed by atoms with Gasteiger partial charge in [-0.3, -0.25) is 4.90 Å².